The zero-order valence-corrected chi connectivity index (χ0v) is 6.28. The topological polar surface area (TPSA) is 55.8 Å². The fourth-order valence-corrected chi connectivity index (χ4v) is 1.10. The second-order valence-corrected chi connectivity index (χ2v) is 2.57. The van der Waals surface area contributed by atoms with Crippen LogP contribution in [0.5, 0.6) is 0 Å². The summed E-state index contributed by atoms with van der Waals surface area (Å²) in [5.74, 6) is 0. The van der Waals surface area contributed by atoms with Gasteiger partial charge < -0.3 is 14.6 Å². The summed E-state index contributed by atoms with van der Waals surface area (Å²) in [5, 5.41) is 8.17. The lowest BCUT2D eigenvalue weighted by atomic mass is 10.1. The average Bonchev–Trinajstić information content (AvgIpc) is 2.03. The van der Waals surface area contributed by atoms with Crippen LogP contribution in [0.25, 0.3) is 0 Å². The van der Waals surface area contributed by atoms with E-state index in [1.165, 1.54) is 0 Å². The molecule has 1 aliphatic rings. The van der Waals surface area contributed by atoms with Crippen LogP contribution < -0.4 is 0 Å². The van der Waals surface area contributed by atoms with Crippen molar-refractivity contribution in [3.05, 3.63) is 0 Å². The van der Waals surface area contributed by atoms with Crippen LogP contribution in [0.3, 0.4) is 0 Å². The number of carboxylic acid groups (broad SMARTS) is 1. The van der Waals surface area contributed by atoms with Gasteiger partial charge in [-0.15, -0.1) is 0 Å². The third kappa shape index (κ3) is 3.23. The number of hydrogen-bond donors (Lipinski definition) is 1. The number of carbonyl (C=O) groups is 1. The van der Waals surface area contributed by atoms with Crippen LogP contribution in [0.15, 0.2) is 0 Å². The van der Waals surface area contributed by atoms with Gasteiger partial charge in [-0.25, -0.2) is 4.79 Å². The van der Waals surface area contributed by atoms with Crippen LogP contribution in [-0.4, -0.2) is 30.6 Å². The van der Waals surface area contributed by atoms with Gasteiger partial charge >= 0.3 is 6.16 Å². The van der Waals surface area contributed by atoms with Crippen LogP contribution in [-0.2, 0) is 9.47 Å². The van der Waals surface area contributed by atoms with E-state index in [4.69, 9.17) is 9.84 Å². The third-order valence-electron chi connectivity index (χ3n) is 1.67. The molecule has 0 aromatic heterocycles. The maximum Gasteiger partial charge on any atom is 0.505 e. The van der Waals surface area contributed by atoms with Crippen molar-refractivity contribution in [2.45, 2.75) is 25.4 Å². The standard InChI is InChI=1S/C7H12O4/c8-7(9)11-5-6-3-1-2-4-10-6/h6H,1-5H2,(H,8,9). The zero-order chi connectivity index (χ0) is 8.10. The van der Waals surface area contributed by atoms with Crippen LogP contribution in [0.4, 0.5) is 4.79 Å². The fraction of sp³-hybridized carbons (Fsp3) is 0.857. The van der Waals surface area contributed by atoms with Crippen molar-refractivity contribution in [3.63, 3.8) is 0 Å². The van der Waals surface area contributed by atoms with Gasteiger partial charge in [0.15, 0.2) is 0 Å². The van der Waals surface area contributed by atoms with Crippen molar-refractivity contribution in [3.8, 4) is 0 Å². The highest BCUT2D eigenvalue weighted by Gasteiger charge is 2.15. The number of ether oxygens (including phenoxy) is 2. The molecule has 0 aromatic carbocycles. The predicted molar refractivity (Wildman–Crippen MR) is 37.6 cm³/mol. The Balaban J connectivity index is 2.09. The Morgan fingerprint density at radius 3 is 3.00 bits per heavy atom. The summed E-state index contributed by atoms with van der Waals surface area (Å²) in [6.07, 6.45) is 1.85. The zero-order valence-electron chi connectivity index (χ0n) is 6.28. The second kappa shape index (κ2) is 4.18. The van der Waals surface area contributed by atoms with Gasteiger partial charge in [0.05, 0.1) is 6.10 Å². The molecule has 1 fully saturated rings. The second-order valence-electron chi connectivity index (χ2n) is 2.57. The first-order valence-electron chi connectivity index (χ1n) is 3.76. The maximum atomic E-state index is 9.96. The third-order valence-corrected chi connectivity index (χ3v) is 1.67. The smallest absolute Gasteiger partial charge is 0.450 e. The van der Waals surface area contributed by atoms with E-state index < -0.39 is 6.16 Å². The lowest BCUT2D eigenvalue weighted by Gasteiger charge is -2.21. The highest BCUT2D eigenvalue weighted by molar-refractivity contribution is 5.56. The van der Waals surface area contributed by atoms with Gasteiger partial charge in [-0.05, 0) is 19.3 Å². The van der Waals surface area contributed by atoms with Crippen LogP contribution in [0.1, 0.15) is 19.3 Å². The van der Waals surface area contributed by atoms with Crippen molar-refractivity contribution in [2.24, 2.45) is 0 Å². The van der Waals surface area contributed by atoms with E-state index in [1.54, 1.807) is 0 Å². The molecule has 1 atom stereocenters. The molecular formula is C7H12O4. The lowest BCUT2D eigenvalue weighted by molar-refractivity contribution is -0.0310. The highest BCUT2D eigenvalue weighted by atomic mass is 16.7. The molecule has 0 radical (unpaired) electrons. The molecule has 0 bridgehead atoms. The van der Waals surface area contributed by atoms with Crippen molar-refractivity contribution in [1.82, 2.24) is 0 Å². The molecule has 64 valence electrons. The summed E-state index contributed by atoms with van der Waals surface area (Å²) in [5.41, 5.74) is 0. The molecule has 1 aliphatic heterocycles. The molecular weight excluding hydrogens is 148 g/mol. The number of rotatable bonds is 2. The molecule has 4 nitrogen and oxygen atoms in total. The van der Waals surface area contributed by atoms with Crippen LogP contribution >= 0.6 is 0 Å². The van der Waals surface area contributed by atoms with Crippen molar-refractivity contribution >= 4 is 6.16 Å². The van der Waals surface area contributed by atoms with Crippen molar-refractivity contribution in [2.75, 3.05) is 13.2 Å². The Morgan fingerprint density at radius 1 is 1.64 bits per heavy atom. The van der Waals surface area contributed by atoms with E-state index in [0.29, 0.717) is 0 Å². The summed E-state index contributed by atoms with van der Waals surface area (Å²) < 4.78 is 9.61. The van der Waals surface area contributed by atoms with Gasteiger partial charge in [0.25, 0.3) is 0 Å². The van der Waals surface area contributed by atoms with Gasteiger partial charge in [-0.1, -0.05) is 0 Å². The lowest BCUT2D eigenvalue weighted by Crippen LogP contribution is -2.25. The minimum absolute atomic E-state index is 0.0140. The maximum absolute atomic E-state index is 9.96. The molecule has 11 heavy (non-hydrogen) atoms. The molecule has 4 heteroatoms. The monoisotopic (exact) mass is 160 g/mol. The minimum Gasteiger partial charge on any atom is -0.450 e. The summed E-state index contributed by atoms with van der Waals surface area (Å²) >= 11 is 0. The van der Waals surface area contributed by atoms with E-state index in [2.05, 4.69) is 4.74 Å². The Hall–Kier alpha value is -0.770. The molecule has 0 saturated carbocycles. The molecule has 0 aromatic rings. The molecule has 0 spiro atoms. The Kier molecular flexibility index (Phi) is 3.16. The van der Waals surface area contributed by atoms with E-state index in [1.807, 2.05) is 0 Å². The summed E-state index contributed by atoms with van der Waals surface area (Å²) in [7, 11) is 0. The Labute approximate surface area is 65.1 Å². The SMILES string of the molecule is O=C(O)OCC1CCCCO1. The van der Waals surface area contributed by atoms with Gasteiger partial charge in [0.2, 0.25) is 0 Å². The van der Waals surface area contributed by atoms with Crippen molar-refractivity contribution < 1.29 is 19.4 Å². The van der Waals surface area contributed by atoms with E-state index in [0.717, 1.165) is 25.9 Å². The normalized spacial score (nSPS) is 24.5. The summed E-state index contributed by atoms with van der Waals surface area (Å²) in [4.78, 5) is 9.96. The molecule has 1 saturated heterocycles. The van der Waals surface area contributed by atoms with Gasteiger partial charge in [0, 0.05) is 6.61 Å². The number of hydrogen-bond acceptors (Lipinski definition) is 3. The quantitative estimate of drug-likeness (QED) is 0.617. The molecule has 0 amide bonds. The highest BCUT2D eigenvalue weighted by Crippen LogP contribution is 2.12. The molecule has 1 unspecified atom stereocenters. The minimum atomic E-state index is -1.22. The van der Waals surface area contributed by atoms with E-state index in [-0.39, 0.29) is 12.7 Å². The largest absolute Gasteiger partial charge is 0.505 e. The van der Waals surface area contributed by atoms with Gasteiger partial charge in [0.1, 0.15) is 6.61 Å². The first kappa shape index (κ1) is 8.33. The Bertz CT molecular complexity index is 128. The van der Waals surface area contributed by atoms with E-state index >= 15 is 0 Å². The molecule has 1 heterocycles. The average molecular weight is 160 g/mol. The predicted octanol–water partition coefficient (Wildman–Crippen LogP) is 1.25. The Morgan fingerprint density at radius 2 is 2.45 bits per heavy atom. The van der Waals surface area contributed by atoms with Crippen LogP contribution in [0, 0.1) is 0 Å². The van der Waals surface area contributed by atoms with Crippen molar-refractivity contribution in [1.29, 1.82) is 0 Å². The van der Waals surface area contributed by atoms with Crippen LogP contribution in [0.2, 0.25) is 0 Å². The fourth-order valence-electron chi connectivity index (χ4n) is 1.10. The molecule has 1 rings (SSSR count). The van der Waals surface area contributed by atoms with E-state index in [9.17, 15) is 4.79 Å². The van der Waals surface area contributed by atoms with Gasteiger partial charge in [-0.3, -0.25) is 0 Å². The first-order valence-corrected chi connectivity index (χ1v) is 3.76. The molecule has 1 N–H and O–H groups in total. The first-order chi connectivity index (χ1) is 5.29. The molecule has 0 aliphatic carbocycles. The van der Waals surface area contributed by atoms with Gasteiger partial charge in [-0.2, -0.15) is 0 Å². The summed E-state index contributed by atoms with van der Waals surface area (Å²) in [6, 6.07) is 0. The summed E-state index contributed by atoms with van der Waals surface area (Å²) in [6.45, 7) is 0.906.